The molecule has 0 spiro atoms. The fraction of sp³-hybridized carbons (Fsp3) is 0.375. The van der Waals surface area contributed by atoms with E-state index in [0.29, 0.717) is 0 Å². The summed E-state index contributed by atoms with van der Waals surface area (Å²) in [6, 6.07) is 10.4. The molecule has 0 radical (unpaired) electrons. The van der Waals surface area contributed by atoms with Crippen LogP contribution in [0.15, 0.2) is 34.1 Å². The minimum atomic E-state index is 0.231. The zero-order chi connectivity index (χ0) is 15.2. The molecule has 0 aliphatic rings. The Bertz CT molecular complexity index is 585. The fourth-order valence-corrected chi connectivity index (χ4v) is 3.67. The molecule has 1 atom stereocenters. The molecule has 0 amide bonds. The highest BCUT2D eigenvalue weighted by molar-refractivity contribution is 9.11. The quantitative estimate of drug-likeness (QED) is 0.783. The number of nitrogens with one attached hydrogen (secondary N) is 1. The van der Waals surface area contributed by atoms with Crippen LogP contribution >= 0.6 is 27.3 Å². The number of halogens is 1. The van der Waals surface area contributed by atoms with Crippen molar-refractivity contribution < 1.29 is 9.47 Å². The van der Waals surface area contributed by atoms with Gasteiger partial charge in [0.25, 0.3) is 0 Å². The van der Waals surface area contributed by atoms with E-state index in [9.17, 15) is 0 Å². The van der Waals surface area contributed by atoms with Crippen LogP contribution < -0.4 is 14.8 Å². The molecule has 1 N–H and O–H groups in total. The van der Waals surface area contributed by atoms with E-state index in [2.05, 4.69) is 46.4 Å². The van der Waals surface area contributed by atoms with Gasteiger partial charge in [-0.25, -0.2) is 0 Å². The lowest BCUT2D eigenvalue weighted by atomic mass is 10.1. The molecule has 5 heteroatoms. The number of methoxy groups -OCH3 is 2. The number of rotatable bonds is 7. The predicted octanol–water partition coefficient (Wildman–Crippen LogP) is 4.42. The third kappa shape index (κ3) is 4.46. The maximum absolute atomic E-state index is 5.45. The van der Waals surface area contributed by atoms with Gasteiger partial charge in [0.15, 0.2) is 0 Å². The lowest BCUT2D eigenvalue weighted by Crippen LogP contribution is -2.21. The Balaban J connectivity index is 1.94. The van der Waals surface area contributed by atoms with Crippen molar-refractivity contribution in [1.82, 2.24) is 5.32 Å². The zero-order valence-corrected chi connectivity index (χ0v) is 14.9. The Morgan fingerprint density at radius 2 is 2.00 bits per heavy atom. The molecule has 0 fully saturated rings. The number of benzene rings is 1. The average Bonchev–Trinajstić information content (AvgIpc) is 2.91. The highest BCUT2D eigenvalue weighted by Crippen LogP contribution is 2.29. The van der Waals surface area contributed by atoms with E-state index in [1.807, 2.05) is 12.1 Å². The topological polar surface area (TPSA) is 30.5 Å². The van der Waals surface area contributed by atoms with E-state index >= 15 is 0 Å². The number of hydrogen-bond donors (Lipinski definition) is 1. The van der Waals surface area contributed by atoms with E-state index < -0.39 is 0 Å². The summed E-state index contributed by atoms with van der Waals surface area (Å²) in [6.45, 7) is 3.08. The van der Waals surface area contributed by atoms with Crippen molar-refractivity contribution >= 4 is 27.3 Å². The first-order chi connectivity index (χ1) is 10.1. The molecule has 21 heavy (non-hydrogen) atoms. The maximum atomic E-state index is 5.45. The smallest absolute Gasteiger partial charge is 0.127 e. The second kappa shape index (κ2) is 7.82. The molecule has 0 aliphatic heterocycles. The van der Waals surface area contributed by atoms with Gasteiger partial charge in [0.05, 0.1) is 18.0 Å². The summed E-state index contributed by atoms with van der Waals surface area (Å²) in [7, 11) is 3.35. The largest absolute Gasteiger partial charge is 0.497 e. The molecule has 1 unspecified atom stereocenters. The summed E-state index contributed by atoms with van der Waals surface area (Å²) < 4.78 is 11.9. The Labute approximate surface area is 138 Å². The first kappa shape index (κ1) is 16.3. The molecule has 3 nitrogen and oxygen atoms in total. The van der Waals surface area contributed by atoms with E-state index in [-0.39, 0.29) is 6.04 Å². The van der Waals surface area contributed by atoms with Crippen molar-refractivity contribution in [2.24, 2.45) is 0 Å². The lowest BCUT2D eigenvalue weighted by Gasteiger charge is -2.18. The van der Waals surface area contributed by atoms with Crippen LogP contribution in [0.3, 0.4) is 0 Å². The molecule has 2 aromatic rings. The number of hydrogen-bond acceptors (Lipinski definition) is 4. The Morgan fingerprint density at radius 3 is 2.62 bits per heavy atom. The Hall–Kier alpha value is -1.04. The summed E-state index contributed by atoms with van der Waals surface area (Å²) >= 11 is 5.28. The van der Waals surface area contributed by atoms with Crippen molar-refractivity contribution in [3.05, 3.63) is 44.6 Å². The zero-order valence-electron chi connectivity index (χ0n) is 12.5. The third-order valence-electron chi connectivity index (χ3n) is 3.36. The first-order valence-electron chi connectivity index (χ1n) is 6.83. The van der Waals surface area contributed by atoms with Crippen LogP contribution in [0.4, 0.5) is 0 Å². The minimum Gasteiger partial charge on any atom is -0.497 e. The van der Waals surface area contributed by atoms with Crippen LogP contribution in [0.5, 0.6) is 11.5 Å². The van der Waals surface area contributed by atoms with E-state index in [4.69, 9.17) is 9.47 Å². The van der Waals surface area contributed by atoms with Crippen molar-refractivity contribution in [2.45, 2.75) is 19.4 Å². The number of ether oxygens (including phenoxy) is 2. The van der Waals surface area contributed by atoms with E-state index in [0.717, 1.165) is 30.0 Å². The van der Waals surface area contributed by atoms with Gasteiger partial charge in [0.1, 0.15) is 11.5 Å². The highest BCUT2D eigenvalue weighted by Gasteiger charge is 2.12. The van der Waals surface area contributed by atoms with Crippen molar-refractivity contribution in [1.29, 1.82) is 0 Å². The second-order valence-corrected chi connectivity index (χ2v) is 7.29. The van der Waals surface area contributed by atoms with Crippen molar-refractivity contribution in [2.75, 3.05) is 20.8 Å². The summed E-state index contributed by atoms with van der Waals surface area (Å²) in [5, 5.41) is 3.54. The fourth-order valence-electron chi connectivity index (χ4n) is 2.18. The van der Waals surface area contributed by atoms with Crippen LogP contribution in [0.25, 0.3) is 0 Å². The number of thiophene rings is 1. The van der Waals surface area contributed by atoms with Crippen LogP contribution in [0.2, 0.25) is 0 Å². The van der Waals surface area contributed by atoms with Gasteiger partial charge in [-0.3, -0.25) is 0 Å². The molecular weight excluding hydrogens is 350 g/mol. The van der Waals surface area contributed by atoms with E-state index in [1.54, 1.807) is 25.6 Å². The molecule has 114 valence electrons. The van der Waals surface area contributed by atoms with Crippen molar-refractivity contribution in [3.8, 4) is 11.5 Å². The Kier molecular flexibility index (Phi) is 6.08. The van der Waals surface area contributed by atoms with Gasteiger partial charge in [-0.1, -0.05) is 6.07 Å². The summed E-state index contributed by atoms with van der Waals surface area (Å²) in [5.74, 6) is 1.67. The highest BCUT2D eigenvalue weighted by atomic mass is 79.9. The second-order valence-electron chi connectivity index (χ2n) is 4.74. The van der Waals surface area contributed by atoms with Gasteiger partial charge in [-0.05, 0) is 47.5 Å². The van der Waals surface area contributed by atoms with Gasteiger partial charge in [0, 0.05) is 29.1 Å². The summed E-state index contributed by atoms with van der Waals surface area (Å²) in [6.07, 6.45) is 1.03. The summed E-state index contributed by atoms with van der Waals surface area (Å²) in [5.41, 5.74) is 1.14. The molecule has 1 aromatic heterocycles. The lowest BCUT2D eigenvalue weighted by molar-refractivity contribution is 0.386. The van der Waals surface area contributed by atoms with Gasteiger partial charge < -0.3 is 14.8 Å². The van der Waals surface area contributed by atoms with Crippen LogP contribution in [-0.2, 0) is 6.42 Å². The van der Waals surface area contributed by atoms with Gasteiger partial charge >= 0.3 is 0 Å². The molecule has 1 heterocycles. The normalized spacial score (nSPS) is 12.2. The minimum absolute atomic E-state index is 0.231. The van der Waals surface area contributed by atoms with Gasteiger partial charge in [-0.2, -0.15) is 0 Å². The molecule has 0 bridgehead atoms. The standard InChI is InChI=1S/C16H20BrNO2S/c1-11(18-9-8-13-5-7-16(17)21-13)14-6-4-12(19-2)10-15(14)20-3/h4-7,10-11,18H,8-9H2,1-3H3. The summed E-state index contributed by atoms with van der Waals surface area (Å²) in [4.78, 5) is 1.38. The molecule has 1 aromatic carbocycles. The van der Waals surface area contributed by atoms with E-state index in [1.165, 1.54) is 8.66 Å². The first-order valence-corrected chi connectivity index (χ1v) is 8.44. The van der Waals surface area contributed by atoms with Crippen molar-refractivity contribution in [3.63, 3.8) is 0 Å². The van der Waals surface area contributed by atoms with Crippen LogP contribution in [-0.4, -0.2) is 20.8 Å². The van der Waals surface area contributed by atoms with Gasteiger partial charge in [0.2, 0.25) is 0 Å². The maximum Gasteiger partial charge on any atom is 0.127 e. The SMILES string of the molecule is COc1ccc(C(C)NCCc2ccc(Br)s2)c(OC)c1. The van der Waals surface area contributed by atoms with Gasteiger partial charge in [-0.15, -0.1) is 11.3 Å². The van der Waals surface area contributed by atoms with Crippen LogP contribution in [0, 0.1) is 0 Å². The molecule has 0 aliphatic carbocycles. The third-order valence-corrected chi connectivity index (χ3v) is 5.04. The molecular formula is C16H20BrNO2S. The average molecular weight is 370 g/mol. The molecule has 2 rings (SSSR count). The predicted molar refractivity (Wildman–Crippen MR) is 91.7 cm³/mol. The monoisotopic (exact) mass is 369 g/mol. The molecule has 0 saturated heterocycles. The van der Waals surface area contributed by atoms with Crippen LogP contribution in [0.1, 0.15) is 23.4 Å². The Morgan fingerprint density at radius 1 is 1.19 bits per heavy atom. The molecule has 0 saturated carbocycles.